The van der Waals surface area contributed by atoms with Crippen molar-refractivity contribution in [1.29, 1.82) is 5.26 Å². The zero-order valence-electron chi connectivity index (χ0n) is 12.7. The average Bonchev–Trinajstić information content (AvgIpc) is 3.05. The van der Waals surface area contributed by atoms with Crippen LogP contribution in [0.2, 0.25) is 0 Å². The summed E-state index contributed by atoms with van der Waals surface area (Å²) in [5.74, 6) is 1.20. The number of nitriles is 1. The van der Waals surface area contributed by atoms with Crippen LogP contribution in [0.4, 0.5) is 0 Å². The lowest BCUT2D eigenvalue weighted by Gasteiger charge is -2.11. The number of nitrogens with zero attached hydrogens (tertiary/aromatic N) is 4. The van der Waals surface area contributed by atoms with Crippen molar-refractivity contribution in [3.8, 4) is 34.5 Å². The summed E-state index contributed by atoms with van der Waals surface area (Å²) in [6.45, 7) is 0. The van der Waals surface area contributed by atoms with Gasteiger partial charge in [-0.1, -0.05) is 23.4 Å². The molecule has 0 fully saturated rings. The van der Waals surface area contributed by atoms with E-state index in [1.807, 2.05) is 36.4 Å². The van der Waals surface area contributed by atoms with Gasteiger partial charge in [0, 0.05) is 5.56 Å². The first-order valence-electron chi connectivity index (χ1n) is 6.92. The maximum Gasteiger partial charge on any atom is 0.191 e. The van der Waals surface area contributed by atoms with Crippen molar-refractivity contribution in [3.05, 3.63) is 54.2 Å². The number of aromatic nitrogens is 3. The molecule has 23 heavy (non-hydrogen) atoms. The standard InChI is InChI=1S/C17H14N4O2/c1-22-15-9-8-12(10-16(15)23-2)17-14(11-18)19-20-21(17)13-6-4-3-5-7-13/h3-10H,1-2H3. The molecule has 0 unspecified atom stereocenters. The van der Waals surface area contributed by atoms with E-state index in [1.54, 1.807) is 31.0 Å². The summed E-state index contributed by atoms with van der Waals surface area (Å²) in [4.78, 5) is 0. The van der Waals surface area contributed by atoms with Crippen LogP contribution >= 0.6 is 0 Å². The quantitative estimate of drug-likeness (QED) is 0.741. The Kier molecular flexibility index (Phi) is 3.93. The highest BCUT2D eigenvalue weighted by atomic mass is 16.5. The molecule has 0 saturated heterocycles. The van der Waals surface area contributed by atoms with Crippen LogP contribution in [0.5, 0.6) is 11.5 Å². The minimum Gasteiger partial charge on any atom is -0.493 e. The Bertz CT molecular complexity index is 866. The molecule has 3 aromatic rings. The van der Waals surface area contributed by atoms with Crippen molar-refractivity contribution in [2.24, 2.45) is 0 Å². The Morgan fingerprint density at radius 2 is 1.74 bits per heavy atom. The second-order valence-corrected chi connectivity index (χ2v) is 4.72. The van der Waals surface area contributed by atoms with E-state index in [-0.39, 0.29) is 5.69 Å². The van der Waals surface area contributed by atoms with Crippen molar-refractivity contribution in [2.45, 2.75) is 0 Å². The molecule has 0 aliphatic heterocycles. The lowest BCUT2D eigenvalue weighted by Crippen LogP contribution is -2.00. The van der Waals surface area contributed by atoms with Gasteiger partial charge in [0.05, 0.1) is 19.9 Å². The molecule has 0 saturated carbocycles. The second kappa shape index (κ2) is 6.20. The SMILES string of the molecule is COc1ccc(-c2c(C#N)nnn2-c2ccccc2)cc1OC. The van der Waals surface area contributed by atoms with E-state index in [2.05, 4.69) is 16.4 Å². The summed E-state index contributed by atoms with van der Waals surface area (Å²) in [5, 5.41) is 17.4. The third-order valence-corrected chi connectivity index (χ3v) is 3.43. The van der Waals surface area contributed by atoms with Crippen molar-refractivity contribution in [2.75, 3.05) is 14.2 Å². The van der Waals surface area contributed by atoms with Gasteiger partial charge in [-0.25, -0.2) is 4.68 Å². The molecule has 0 spiro atoms. The molecule has 0 bridgehead atoms. The van der Waals surface area contributed by atoms with E-state index >= 15 is 0 Å². The molecular formula is C17H14N4O2. The predicted molar refractivity (Wildman–Crippen MR) is 84.6 cm³/mol. The summed E-state index contributed by atoms with van der Waals surface area (Å²) in [5.41, 5.74) is 2.46. The minimum absolute atomic E-state index is 0.251. The summed E-state index contributed by atoms with van der Waals surface area (Å²) in [6.07, 6.45) is 0. The molecule has 0 N–H and O–H groups in total. The summed E-state index contributed by atoms with van der Waals surface area (Å²) < 4.78 is 12.2. The van der Waals surface area contributed by atoms with Crippen molar-refractivity contribution < 1.29 is 9.47 Å². The summed E-state index contributed by atoms with van der Waals surface area (Å²) in [7, 11) is 3.15. The summed E-state index contributed by atoms with van der Waals surface area (Å²) in [6, 6.07) is 17.1. The maximum atomic E-state index is 9.35. The molecule has 1 aromatic heterocycles. The van der Waals surface area contributed by atoms with Gasteiger partial charge in [-0.05, 0) is 30.3 Å². The molecule has 114 valence electrons. The van der Waals surface area contributed by atoms with Gasteiger partial charge in [0.1, 0.15) is 11.8 Å². The number of hydrogen-bond acceptors (Lipinski definition) is 5. The smallest absolute Gasteiger partial charge is 0.191 e. The largest absolute Gasteiger partial charge is 0.493 e. The van der Waals surface area contributed by atoms with Gasteiger partial charge in [-0.2, -0.15) is 5.26 Å². The Morgan fingerprint density at radius 3 is 2.39 bits per heavy atom. The van der Waals surface area contributed by atoms with Crippen molar-refractivity contribution in [1.82, 2.24) is 15.0 Å². The first-order valence-corrected chi connectivity index (χ1v) is 6.92. The van der Waals surface area contributed by atoms with Crippen LogP contribution in [0.15, 0.2) is 48.5 Å². The number of hydrogen-bond donors (Lipinski definition) is 0. The molecule has 1 heterocycles. The highest BCUT2D eigenvalue weighted by Crippen LogP contribution is 2.33. The molecule has 0 aliphatic carbocycles. The fourth-order valence-electron chi connectivity index (χ4n) is 2.35. The van der Waals surface area contributed by atoms with Gasteiger partial charge >= 0.3 is 0 Å². The van der Waals surface area contributed by atoms with Crippen LogP contribution in [0.25, 0.3) is 16.9 Å². The third kappa shape index (κ3) is 2.60. The second-order valence-electron chi connectivity index (χ2n) is 4.72. The van der Waals surface area contributed by atoms with Gasteiger partial charge < -0.3 is 9.47 Å². The van der Waals surface area contributed by atoms with E-state index in [1.165, 1.54) is 0 Å². The Morgan fingerprint density at radius 1 is 1.00 bits per heavy atom. The van der Waals surface area contributed by atoms with E-state index in [9.17, 15) is 5.26 Å². The van der Waals surface area contributed by atoms with Crippen LogP contribution in [0.3, 0.4) is 0 Å². The zero-order valence-corrected chi connectivity index (χ0v) is 12.7. The Balaban J connectivity index is 2.20. The van der Waals surface area contributed by atoms with Crippen molar-refractivity contribution >= 4 is 0 Å². The van der Waals surface area contributed by atoms with Crippen LogP contribution in [0.1, 0.15) is 5.69 Å². The molecule has 3 rings (SSSR count). The van der Waals surface area contributed by atoms with Gasteiger partial charge in [0.2, 0.25) is 0 Å². The maximum absolute atomic E-state index is 9.35. The minimum atomic E-state index is 0.251. The molecular weight excluding hydrogens is 292 g/mol. The van der Waals surface area contributed by atoms with Gasteiger partial charge in [0.15, 0.2) is 17.2 Å². The van der Waals surface area contributed by atoms with Crippen LogP contribution in [-0.4, -0.2) is 29.2 Å². The van der Waals surface area contributed by atoms with Gasteiger partial charge in [0.25, 0.3) is 0 Å². The highest BCUT2D eigenvalue weighted by molar-refractivity contribution is 5.70. The fraction of sp³-hybridized carbons (Fsp3) is 0.118. The lowest BCUT2D eigenvalue weighted by molar-refractivity contribution is 0.355. The molecule has 0 amide bonds. The first-order chi connectivity index (χ1) is 11.3. The molecule has 0 aliphatic rings. The molecule has 6 nitrogen and oxygen atoms in total. The fourth-order valence-corrected chi connectivity index (χ4v) is 2.35. The Hall–Kier alpha value is -3.33. The monoisotopic (exact) mass is 306 g/mol. The van der Waals surface area contributed by atoms with Crippen LogP contribution in [-0.2, 0) is 0 Å². The third-order valence-electron chi connectivity index (χ3n) is 3.43. The van der Waals surface area contributed by atoms with Gasteiger partial charge in [-0.3, -0.25) is 0 Å². The molecule has 0 radical (unpaired) electrons. The van der Waals surface area contributed by atoms with Crippen molar-refractivity contribution in [3.63, 3.8) is 0 Å². The van der Waals surface area contributed by atoms with E-state index < -0.39 is 0 Å². The average molecular weight is 306 g/mol. The number of benzene rings is 2. The number of methoxy groups -OCH3 is 2. The first kappa shape index (κ1) is 14.6. The predicted octanol–water partition coefficient (Wildman–Crippen LogP) is 2.82. The van der Waals surface area contributed by atoms with E-state index in [0.717, 1.165) is 11.3 Å². The van der Waals surface area contributed by atoms with Crippen LogP contribution in [0, 0.1) is 11.3 Å². The lowest BCUT2D eigenvalue weighted by atomic mass is 10.1. The Labute approximate surface area is 133 Å². The van der Waals surface area contributed by atoms with Gasteiger partial charge in [-0.15, -0.1) is 5.10 Å². The number of rotatable bonds is 4. The molecule has 6 heteroatoms. The van der Waals surface area contributed by atoms with Crippen LogP contribution < -0.4 is 9.47 Å². The zero-order chi connectivity index (χ0) is 16.2. The normalized spacial score (nSPS) is 10.1. The molecule has 2 aromatic carbocycles. The van der Waals surface area contributed by atoms with E-state index in [0.29, 0.717) is 17.2 Å². The number of ether oxygens (including phenoxy) is 2. The highest BCUT2D eigenvalue weighted by Gasteiger charge is 2.18. The topological polar surface area (TPSA) is 73.0 Å². The molecule has 0 atom stereocenters. The number of para-hydroxylation sites is 1. The summed E-state index contributed by atoms with van der Waals surface area (Å²) >= 11 is 0. The van der Waals surface area contributed by atoms with E-state index in [4.69, 9.17) is 9.47 Å².